The lowest BCUT2D eigenvalue weighted by Gasteiger charge is -2.11. The van der Waals surface area contributed by atoms with Gasteiger partial charge in [0, 0.05) is 30.3 Å². The van der Waals surface area contributed by atoms with Crippen molar-refractivity contribution >= 4 is 28.5 Å². The average Bonchev–Trinajstić information content (AvgIpc) is 3.43. The van der Waals surface area contributed by atoms with Crippen molar-refractivity contribution in [3.05, 3.63) is 47.7 Å². The van der Waals surface area contributed by atoms with Crippen LogP contribution in [0.5, 0.6) is 0 Å². The van der Waals surface area contributed by atoms with Crippen LogP contribution in [0.4, 0.5) is 14.6 Å². The van der Waals surface area contributed by atoms with E-state index in [2.05, 4.69) is 15.3 Å². The zero-order chi connectivity index (χ0) is 20.5. The largest absolute Gasteiger partial charge is 0.346 e. The standard InChI is InChI=1S/C21H16F2N4O2/c22-15-8-12(9-16(23)19(15)17(28)2-1-6-24)14-10-18(27-21(29)11-3-4-11)26-20-13(14)5-7-25-20/h5,7-11H,1-4H2,(H2,25,26,27,29). The van der Waals surface area contributed by atoms with Gasteiger partial charge in [0.15, 0.2) is 5.78 Å². The molecule has 0 aliphatic heterocycles. The molecule has 8 heteroatoms. The first kappa shape index (κ1) is 18.7. The molecule has 6 nitrogen and oxygen atoms in total. The van der Waals surface area contributed by atoms with E-state index in [4.69, 9.17) is 5.26 Å². The van der Waals surface area contributed by atoms with Crippen molar-refractivity contribution in [1.82, 2.24) is 9.97 Å². The summed E-state index contributed by atoms with van der Waals surface area (Å²) in [7, 11) is 0. The number of benzene rings is 1. The highest BCUT2D eigenvalue weighted by Crippen LogP contribution is 2.34. The minimum Gasteiger partial charge on any atom is -0.346 e. The summed E-state index contributed by atoms with van der Waals surface area (Å²) in [5, 5.41) is 11.9. The third kappa shape index (κ3) is 3.72. The van der Waals surface area contributed by atoms with Gasteiger partial charge >= 0.3 is 0 Å². The van der Waals surface area contributed by atoms with Gasteiger partial charge < -0.3 is 10.3 Å². The van der Waals surface area contributed by atoms with Gasteiger partial charge in [0.05, 0.1) is 11.6 Å². The molecule has 1 amide bonds. The zero-order valence-electron chi connectivity index (χ0n) is 15.3. The van der Waals surface area contributed by atoms with Crippen molar-refractivity contribution < 1.29 is 18.4 Å². The number of hydrogen-bond acceptors (Lipinski definition) is 4. The van der Waals surface area contributed by atoms with E-state index in [0.717, 1.165) is 25.0 Å². The van der Waals surface area contributed by atoms with Crippen molar-refractivity contribution in [2.75, 3.05) is 5.32 Å². The van der Waals surface area contributed by atoms with Crippen molar-refractivity contribution in [2.45, 2.75) is 25.7 Å². The number of fused-ring (bicyclic) bond motifs is 1. The van der Waals surface area contributed by atoms with Crippen LogP contribution in [0.15, 0.2) is 30.5 Å². The van der Waals surface area contributed by atoms with Gasteiger partial charge in [-0.2, -0.15) is 5.26 Å². The van der Waals surface area contributed by atoms with Crippen LogP contribution in [-0.4, -0.2) is 21.7 Å². The smallest absolute Gasteiger partial charge is 0.228 e. The topological polar surface area (TPSA) is 98.6 Å². The molecule has 1 fully saturated rings. The maximum Gasteiger partial charge on any atom is 0.228 e. The van der Waals surface area contributed by atoms with Crippen LogP contribution in [0.25, 0.3) is 22.2 Å². The number of pyridine rings is 1. The molecule has 1 aliphatic carbocycles. The number of rotatable bonds is 6. The molecule has 4 rings (SSSR count). The number of amides is 1. The Morgan fingerprint density at radius 3 is 2.62 bits per heavy atom. The molecule has 0 radical (unpaired) electrons. The summed E-state index contributed by atoms with van der Waals surface area (Å²) in [6.07, 6.45) is 2.94. The van der Waals surface area contributed by atoms with Crippen LogP contribution in [-0.2, 0) is 4.79 Å². The number of halogens is 2. The van der Waals surface area contributed by atoms with Crippen LogP contribution in [0.3, 0.4) is 0 Å². The minimum atomic E-state index is -0.994. The number of H-pyrrole nitrogens is 1. The number of nitrogens with one attached hydrogen (secondary N) is 2. The maximum absolute atomic E-state index is 14.6. The quantitative estimate of drug-likeness (QED) is 0.608. The van der Waals surface area contributed by atoms with Gasteiger partial charge in [0.2, 0.25) is 5.91 Å². The molecule has 3 aromatic rings. The Bertz CT molecular complexity index is 1150. The Labute approximate surface area is 164 Å². The van der Waals surface area contributed by atoms with E-state index in [1.165, 1.54) is 0 Å². The van der Waals surface area contributed by atoms with Gasteiger partial charge in [-0.25, -0.2) is 13.8 Å². The summed E-state index contributed by atoms with van der Waals surface area (Å²) in [4.78, 5) is 31.4. The van der Waals surface area contributed by atoms with E-state index in [1.54, 1.807) is 24.4 Å². The second-order valence-corrected chi connectivity index (χ2v) is 6.95. The molecule has 0 spiro atoms. The lowest BCUT2D eigenvalue weighted by atomic mass is 9.98. The molecule has 2 heterocycles. The highest BCUT2D eigenvalue weighted by molar-refractivity contribution is 6.00. The van der Waals surface area contributed by atoms with Gasteiger partial charge in [-0.15, -0.1) is 0 Å². The number of Topliss-reactive ketones (excluding diaryl/α,β-unsaturated/α-hetero) is 1. The fourth-order valence-corrected chi connectivity index (χ4v) is 3.20. The average molecular weight is 394 g/mol. The van der Waals surface area contributed by atoms with Crippen LogP contribution < -0.4 is 5.32 Å². The molecule has 0 atom stereocenters. The molecule has 0 bridgehead atoms. The van der Waals surface area contributed by atoms with E-state index < -0.39 is 23.0 Å². The van der Waals surface area contributed by atoms with Crippen LogP contribution in [0.1, 0.15) is 36.0 Å². The number of nitrogens with zero attached hydrogens (tertiary/aromatic N) is 2. The third-order valence-corrected chi connectivity index (χ3v) is 4.82. The SMILES string of the molecule is N#CCCC(=O)c1c(F)cc(-c2cc(NC(=O)C3CC3)nc3[nH]ccc23)cc1F. The van der Waals surface area contributed by atoms with E-state index in [1.807, 2.05) is 0 Å². The summed E-state index contributed by atoms with van der Waals surface area (Å²) < 4.78 is 29.2. The van der Waals surface area contributed by atoms with Gasteiger partial charge in [0.1, 0.15) is 23.1 Å². The molecule has 2 N–H and O–H groups in total. The Morgan fingerprint density at radius 1 is 1.24 bits per heavy atom. The molecule has 1 aliphatic rings. The number of aromatic amines is 1. The molecule has 1 saturated carbocycles. The Balaban J connectivity index is 1.75. The number of carbonyl (C=O) groups is 2. The van der Waals surface area contributed by atoms with E-state index in [9.17, 15) is 18.4 Å². The second kappa shape index (κ2) is 7.43. The molecule has 0 saturated heterocycles. The Kier molecular flexibility index (Phi) is 4.80. The third-order valence-electron chi connectivity index (χ3n) is 4.82. The van der Waals surface area contributed by atoms with Gasteiger partial charge in [-0.1, -0.05) is 0 Å². The summed E-state index contributed by atoms with van der Waals surface area (Å²) in [5.41, 5.74) is 0.496. The molecule has 29 heavy (non-hydrogen) atoms. The van der Waals surface area contributed by atoms with Crippen LogP contribution >= 0.6 is 0 Å². The van der Waals surface area contributed by atoms with E-state index >= 15 is 0 Å². The van der Waals surface area contributed by atoms with Crippen molar-refractivity contribution in [1.29, 1.82) is 5.26 Å². The number of anilines is 1. The number of aromatic nitrogens is 2. The predicted octanol–water partition coefficient (Wildman–Crippen LogP) is 4.34. The summed E-state index contributed by atoms with van der Waals surface area (Å²) >= 11 is 0. The summed E-state index contributed by atoms with van der Waals surface area (Å²) in [6.45, 7) is 0. The molecule has 1 aromatic carbocycles. The second-order valence-electron chi connectivity index (χ2n) is 6.95. The lowest BCUT2D eigenvalue weighted by molar-refractivity contribution is -0.117. The first-order chi connectivity index (χ1) is 14.0. The predicted molar refractivity (Wildman–Crippen MR) is 102 cm³/mol. The fourth-order valence-electron chi connectivity index (χ4n) is 3.20. The molecular formula is C21H16F2N4O2. The van der Waals surface area contributed by atoms with Crippen LogP contribution in [0, 0.1) is 28.9 Å². The van der Waals surface area contributed by atoms with Crippen molar-refractivity contribution in [3.8, 4) is 17.2 Å². The van der Waals surface area contributed by atoms with Gasteiger partial charge in [-0.05, 0) is 48.2 Å². The number of nitriles is 1. The van der Waals surface area contributed by atoms with Crippen LogP contribution in [0.2, 0.25) is 0 Å². The highest BCUT2D eigenvalue weighted by atomic mass is 19.1. The summed E-state index contributed by atoms with van der Waals surface area (Å²) in [6, 6.07) is 7.22. The van der Waals surface area contributed by atoms with Crippen molar-refractivity contribution in [2.24, 2.45) is 5.92 Å². The number of ketones is 1. The first-order valence-corrected chi connectivity index (χ1v) is 9.16. The van der Waals surface area contributed by atoms with Gasteiger partial charge in [-0.3, -0.25) is 9.59 Å². The highest BCUT2D eigenvalue weighted by Gasteiger charge is 2.30. The molecule has 0 unspecified atom stereocenters. The summed E-state index contributed by atoms with van der Waals surface area (Å²) in [5.74, 6) is -2.62. The molecular weight excluding hydrogens is 378 g/mol. The normalized spacial score (nSPS) is 13.3. The Hall–Kier alpha value is -3.60. The lowest BCUT2D eigenvalue weighted by Crippen LogP contribution is -2.14. The molecule has 2 aromatic heterocycles. The van der Waals surface area contributed by atoms with Crippen molar-refractivity contribution in [3.63, 3.8) is 0 Å². The maximum atomic E-state index is 14.6. The zero-order valence-corrected chi connectivity index (χ0v) is 15.3. The number of carbonyl (C=O) groups excluding carboxylic acids is 2. The van der Waals surface area contributed by atoms with Gasteiger partial charge in [0.25, 0.3) is 0 Å². The Morgan fingerprint density at radius 2 is 1.97 bits per heavy atom. The van der Waals surface area contributed by atoms with E-state index in [-0.39, 0.29) is 36.0 Å². The first-order valence-electron chi connectivity index (χ1n) is 9.16. The van der Waals surface area contributed by atoms with E-state index in [0.29, 0.717) is 16.6 Å². The fraction of sp³-hybridized carbons (Fsp3) is 0.238. The monoisotopic (exact) mass is 394 g/mol. The minimum absolute atomic E-state index is 0.0202. The molecule has 146 valence electrons. The number of hydrogen-bond donors (Lipinski definition) is 2.